The van der Waals surface area contributed by atoms with E-state index in [9.17, 15) is 4.79 Å². The van der Waals surface area contributed by atoms with Crippen molar-refractivity contribution in [2.75, 3.05) is 26.3 Å². The van der Waals surface area contributed by atoms with Crippen molar-refractivity contribution in [2.45, 2.75) is 18.9 Å². The van der Waals surface area contributed by atoms with Gasteiger partial charge in [0.15, 0.2) is 0 Å². The van der Waals surface area contributed by atoms with Gasteiger partial charge < -0.3 is 14.4 Å². The lowest BCUT2D eigenvalue weighted by Gasteiger charge is -2.19. The molecule has 1 saturated heterocycles. The number of carbonyl (C=O) groups excluding carboxylic acids is 1. The Labute approximate surface area is 132 Å². The van der Waals surface area contributed by atoms with Crippen LogP contribution < -0.4 is 4.74 Å². The highest BCUT2D eigenvalue weighted by atomic mass is 16.5. The van der Waals surface area contributed by atoms with Gasteiger partial charge in [0, 0.05) is 25.3 Å². The number of rotatable bonds is 8. The molecule has 1 atom stereocenters. The number of nitrogens with zero attached hydrogens (tertiary/aromatic N) is 1. The van der Waals surface area contributed by atoms with Crippen LogP contribution in [0.15, 0.2) is 49.6 Å². The predicted octanol–water partition coefficient (Wildman–Crippen LogP) is 3.06. The molecule has 0 N–H and O–H groups in total. The lowest BCUT2D eigenvalue weighted by atomic mass is 10.2. The average molecular weight is 301 g/mol. The molecule has 0 spiro atoms. The molecular weight excluding hydrogens is 278 g/mol. The molecule has 2 rings (SSSR count). The van der Waals surface area contributed by atoms with Gasteiger partial charge in [-0.05, 0) is 37.1 Å². The van der Waals surface area contributed by atoms with Crippen LogP contribution >= 0.6 is 0 Å². The van der Waals surface area contributed by atoms with Gasteiger partial charge in [-0.1, -0.05) is 12.2 Å². The largest absolute Gasteiger partial charge is 0.491 e. The number of carbonyl (C=O) groups is 1. The Hall–Kier alpha value is -2.07. The fourth-order valence-electron chi connectivity index (χ4n) is 2.39. The number of amides is 1. The standard InChI is InChI=1S/C18H23NO3/c1-3-11-19(12-4-2)18(20)15-7-9-16(10-8-15)22-14-17-6-5-13-21-17/h3-4,7-10,17H,1-2,5-6,11-14H2. The SMILES string of the molecule is C=CCN(CC=C)C(=O)c1ccc(OCC2CCCO2)cc1. The number of hydrogen-bond acceptors (Lipinski definition) is 3. The molecule has 1 unspecified atom stereocenters. The third-order valence-corrected chi connectivity index (χ3v) is 3.55. The van der Waals surface area contributed by atoms with Crippen molar-refractivity contribution in [3.8, 4) is 5.75 Å². The van der Waals surface area contributed by atoms with Crippen LogP contribution in [0.1, 0.15) is 23.2 Å². The Morgan fingerprint density at radius 3 is 2.50 bits per heavy atom. The molecule has 4 heteroatoms. The second-order valence-corrected chi connectivity index (χ2v) is 5.26. The highest BCUT2D eigenvalue weighted by Gasteiger charge is 2.16. The second kappa shape index (κ2) is 8.39. The van der Waals surface area contributed by atoms with Crippen molar-refractivity contribution in [3.05, 3.63) is 55.1 Å². The summed E-state index contributed by atoms with van der Waals surface area (Å²) in [7, 11) is 0. The molecule has 1 aliphatic rings. The summed E-state index contributed by atoms with van der Waals surface area (Å²) < 4.78 is 11.2. The number of hydrogen-bond donors (Lipinski definition) is 0. The van der Waals surface area contributed by atoms with Gasteiger partial charge in [0.25, 0.3) is 5.91 Å². The van der Waals surface area contributed by atoms with E-state index in [0.717, 1.165) is 25.2 Å². The Morgan fingerprint density at radius 1 is 1.27 bits per heavy atom. The highest BCUT2D eigenvalue weighted by Crippen LogP contribution is 2.17. The highest BCUT2D eigenvalue weighted by molar-refractivity contribution is 5.94. The van der Waals surface area contributed by atoms with Gasteiger partial charge in [-0.2, -0.15) is 0 Å². The van der Waals surface area contributed by atoms with Crippen LogP contribution in [-0.2, 0) is 4.74 Å². The van der Waals surface area contributed by atoms with Crippen LogP contribution in [0.2, 0.25) is 0 Å². The van der Waals surface area contributed by atoms with Gasteiger partial charge >= 0.3 is 0 Å². The topological polar surface area (TPSA) is 38.8 Å². The van der Waals surface area contributed by atoms with Crippen molar-refractivity contribution in [3.63, 3.8) is 0 Å². The lowest BCUT2D eigenvalue weighted by Crippen LogP contribution is -2.31. The molecule has 0 aromatic heterocycles. The van der Waals surface area contributed by atoms with E-state index in [1.54, 1.807) is 29.2 Å². The molecule has 1 fully saturated rings. The summed E-state index contributed by atoms with van der Waals surface area (Å²) in [4.78, 5) is 14.1. The van der Waals surface area contributed by atoms with E-state index in [0.29, 0.717) is 25.3 Å². The van der Waals surface area contributed by atoms with Crippen LogP contribution in [-0.4, -0.2) is 43.2 Å². The van der Waals surface area contributed by atoms with E-state index >= 15 is 0 Å². The van der Waals surface area contributed by atoms with Gasteiger partial charge in [-0.25, -0.2) is 0 Å². The maximum Gasteiger partial charge on any atom is 0.254 e. The Kier molecular flexibility index (Phi) is 6.22. The molecule has 22 heavy (non-hydrogen) atoms. The van der Waals surface area contributed by atoms with Crippen LogP contribution in [0.3, 0.4) is 0 Å². The average Bonchev–Trinajstić information content (AvgIpc) is 3.06. The molecule has 1 aliphatic heterocycles. The number of benzene rings is 1. The maximum atomic E-state index is 12.4. The first kappa shape index (κ1) is 16.3. The second-order valence-electron chi connectivity index (χ2n) is 5.26. The normalized spacial score (nSPS) is 17.0. The first-order valence-corrected chi connectivity index (χ1v) is 7.60. The van der Waals surface area contributed by atoms with Crippen LogP contribution in [0.5, 0.6) is 5.75 Å². The first-order valence-electron chi connectivity index (χ1n) is 7.60. The molecule has 0 radical (unpaired) electrons. The molecule has 1 amide bonds. The molecule has 1 aromatic rings. The Balaban J connectivity index is 1.93. The minimum absolute atomic E-state index is 0.0366. The van der Waals surface area contributed by atoms with E-state index < -0.39 is 0 Å². The minimum atomic E-state index is -0.0366. The zero-order valence-corrected chi connectivity index (χ0v) is 12.9. The Bertz CT molecular complexity index is 494. The molecule has 118 valence electrons. The van der Waals surface area contributed by atoms with E-state index in [2.05, 4.69) is 13.2 Å². The molecule has 0 saturated carbocycles. The van der Waals surface area contributed by atoms with Crippen molar-refractivity contribution < 1.29 is 14.3 Å². The summed E-state index contributed by atoms with van der Waals surface area (Å²) in [5.41, 5.74) is 0.633. The summed E-state index contributed by atoms with van der Waals surface area (Å²) in [6.07, 6.45) is 5.76. The third kappa shape index (κ3) is 4.46. The summed E-state index contributed by atoms with van der Waals surface area (Å²) in [5, 5.41) is 0. The van der Waals surface area contributed by atoms with Crippen molar-refractivity contribution in [2.24, 2.45) is 0 Å². The summed E-state index contributed by atoms with van der Waals surface area (Å²) in [5.74, 6) is 0.719. The van der Waals surface area contributed by atoms with Gasteiger partial charge in [0.1, 0.15) is 12.4 Å². The first-order chi connectivity index (χ1) is 10.7. The summed E-state index contributed by atoms with van der Waals surface area (Å²) in [6.45, 7) is 9.74. The fraction of sp³-hybridized carbons (Fsp3) is 0.389. The molecule has 0 bridgehead atoms. The van der Waals surface area contributed by atoms with Crippen molar-refractivity contribution in [1.29, 1.82) is 0 Å². The van der Waals surface area contributed by atoms with E-state index in [-0.39, 0.29) is 12.0 Å². The zero-order chi connectivity index (χ0) is 15.8. The van der Waals surface area contributed by atoms with E-state index in [1.807, 2.05) is 12.1 Å². The van der Waals surface area contributed by atoms with Gasteiger partial charge in [0.05, 0.1) is 6.10 Å². The monoisotopic (exact) mass is 301 g/mol. The van der Waals surface area contributed by atoms with E-state index in [1.165, 1.54) is 0 Å². The molecule has 1 heterocycles. The molecule has 1 aromatic carbocycles. The smallest absolute Gasteiger partial charge is 0.254 e. The maximum absolute atomic E-state index is 12.4. The van der Waals surface area contributed by atoms with Gasteiger partial charge in [-0.15, -0.1) is 13.2 Å². The molecule has 4 nitrogen and oxygen atoms in total. The van der Waals surface area contributed by atoms with Crippen molar-refractivity contribution in [1.82, 2.24) is 4.90 Å². The molecular formula is C18H23NO3. The van der Waals surface area contributed by atoms with Crippen LogP contribution in [0.4, 0.5) is 0 Å². The summed E-state index contributed by atoms with van der Waals surface area (Å²) in [6, 6.07) is 7.21. The minimum Gasteiger partial charge on any atom is -0.491 e. The van der Waals surface area contributed by atoms with Crippen molar-refractivity contribution >= 4 is 5.91 Å². The fourth-order valence-corrected chi connectivity index (χ4v) is 2.39. The van der Waals surface area contributed by atoms with E-state index in [4.69, 9.17) is 9.47 Å². The lowest BCUT2D eigenvalue weighted by molar-refractivity contribution is 0.0679. The zero-order valence-electron chi connectivity index (χ0n) is 12.9. The summed E-state index contributed by atoms with van der Waals surface area (Å²) >= 11 is 0. The quantitative estimate of drug-likeness (QED) is 0.693. The van der Waals surface area contributed by atoms with Crippen LogP contribution in [0, 0.1) is 0 Å². The Morgan fingerprint density at radius 2 is 1.95 bits per heavy atom. The molecule has 0 aliphatic carbocycles. The van der Waals surface area contributed by atoms with Gasteiger partial charge in [0.2, 0.25) is 0 Å². The van der Waals surface area contributed by atoms with Gasteiger partial charge in [-0.3, -0.25) is 4.79 Å². The van der Waals surface area contributed by atoms with Crippen LogP contribution in [0.25, 0.3) is 0 Å². The number of ether oxygens (including phenoxy) is 2. The predicted molar refractivity (Wildman–Crippen MR) is 87.2 cm³/mol. The third-order valence-electron chi connectivity index (χ3n) is 3.55.